The van der Waals surface area contributed by atoms with Crippen LogP contribution in [-0.4, -0.2) is 36.6 Å². The highest BCUT2D eigenvalue weighted by Gasteiger charge is 2.64. The molecule has 0 aromatic carbocycles. The molecule has 11 atom stereocenters. The maximum absolute atomic E-state index is 11.8. The first kappa shape index (κ1) is 24.9. The lowest BCUT2D eigenvalue weighted by atomic mass is 9.41. The van der Waals surface area contributed by atoms with Crippen molar-refractivity contribution in [1.29, 1.82) is 0 Å². The van der Waals surface area contributed by atoms with E-state index in [9.17, 15) is 18.6 Å². The average Bonchev–Trinajstić information content (AvgIpc) is 3.06. The summed E-state index contributed by atoms with van der Waals surface area (Å²) in [5.74, 6) is 3.39. The lowest BCUT2D eigenvalue weighted by Gasteiger charge is -2.64. The Labute approximate surface area is 196 Å². The standard InChI is InChI=1S/C26H47NO4S/c1-5-18-22-15-17(28)10-12-26(22,4)21-11-13-25(3)19(8-9-20(25)23(21)24(18)29)16(2)7-6-14-32(27,30)31/h16-24,28-29H,5-15H2,1-4H3,(H2,27,30,31)/t16-,17+,18-,19-,20?,21?,22+,23?,24+,25-,26-/m1/s1. The lowest BCUT2D eigenvalue weighted by Crippen LogP contribution is -2.62. The van der Waals surface area contributed by atoms with E-state index in [0.29, 0.717) is 47.8 Å². The predicted octanol–water partition coefficient (Wildman–Crippen LogP) is 4.32. The van der Waals surface area contributed by atoms with Gasteiger partial charge < -0.3 is 10.2 Å². The molecule has 6 heteroatoms. The van der Waals surface area contributed by atoms with E-state index in [2.05, 4.69) is 27.7 Å². The number of hydrogen-bond acceptors (Lipinski definition) is 4. The van der Waals surface area contributed by atoms with Crippen LogP contribution in [0.5, 0.6) is 0 Å². The molecule has 5 nitrogen and oxygen atoms in total. The molecule has 0 radical (unpaired) electrons. The normalized spacial score (nSPS) is 49.7. The Morgan fingerprint density at radius 3 is 2.31 bits per heavy atom. The highest BCUT2D eigenvalue weighted by molar-refractivity contribution is 7.89. The fourth-order valence-corrected chi connectivity index (χ4v) is 10.3. The van der Waals surface area contributed by atoms with Gasteiger partial charge in [0.15, 0.2) is 0 Å². The minimum atomic E-state index is -3.39. The quantitative estimate of drug-likeness (QED) is 0.539. The van der Waals surface area contributed by atoms with Gasteiger partial charge >= 0.3 is 0 Å². The van der Waals surface area contributed by atoms with Gasteiger partial charge in [-0.25, -0.2) is 13.6 Å². The Hall–Kier alpha value is -0.170. The fourth-order valence-electron chi connectivity index (χ4n) is 9.74. The van der Waals surface area contributed by atoms with Crippen molar-refractivity contribution in [2.24, 2.45) is 57.4 Å². The minimum absolute atomic E-state index is 0.0807. The van der Waals surface area contributed by atoms with E-state index in [1.54, 1.807) is 0 Å². The van der Waals surface area contributed by atoms with Crippen LogP contribution in [0.25, 0.3) is 0 Å². The van der Waals surface area contributed by atoms with E-state index in [1.807, 2.05) is 0 Å². The molecule has 0 aliphatic heterocycles. The second kappa shape index (κ2) is 8.80. The summed E-state index contributed by atoms with van der Waals surface area (Å²) in [5.41, 5.74) is 0.475. The summed E-state index contributed by atoms with van der Waals surface area (Å²) >= 11 is 0. The van der Waals surface area contributed by atoms with Crippen molar-refractivity contribution in [1.82, 2.24) is 0 Å². The van der Waals surface area contributed by atoms with Gasteiger partial charge in [-0.05, 0) is 110 Å². The van der Waals surface area contributed by atoms with Crippen molar-refractivity contribution in [3.63, 3.8) is 0 Å². The molecule has 186 valence electrons. The van der Waals surface area contributed by atoms with Gasteiger partial charge in [0.25, 0.3) is 0 Å². The number of aliphatic hydroxyl groups excluding tert-OH is 2. The Bertz CT molecular complexity index is 787. The van der Waals surface area contributed by atoms with Gasteiger partial charge in [-0.3, -0.25) is 0 Å². The smallest absolute Gasteiger partial charge is 0.209 e. The zero-order chi connectivity index (χ0) is 23.5. The molecule has 4 fully saturated rings. The molecule has 3 unspecified atom stereocenters. The number of aliphatic hydroxyl groups is 2. The summed E-state index contributed by atoms with van der Waals surface area (Å²) in [6, 6.07) is 0. The van der Waals surface area contributed by atoms with Crippen LogP contribution in [0, 0.1) is 52.3 Å². The van der Waals surface area contributed by atoms with Crippen molar-refractivity contribution in [2.75, 3.05) is 5.75 Å². The zero-order valence-electron chi connectivity index (χ0n) is 20.7. The molecule has 32 heavy (non-hydrogen) atoms. The van der Waals surface area contributed by atoms with E-state index >= 15 is 0 Å². The third kappa shape index (κ3) is 4.09. The molecule has 4 rings (SSSR count). The molecule has 4 saturated carbocycles. The Morgan fingerprint density at radius 2 is 1.66 bits per heavy atom. The van der Waals surface area contributed by atoms with Crippen LogP contribution in [0.3, 0.4) is 0 Å². The fraction of sp³-hybridized carbons (Fsp3) is 1.00. The molecule has 0 heterocycles. The third-order valence-corrected chi connectivity index (χ3v) is 12.1. The van der Waals surface area contributed by atoms with Gasteiger partial charge in [0.05, 0.1) is 18.0 Å². The molecule has 0 amide bonds. The molecule has 4 aliphatic carbocycles. The molecular weight excluding hydrogens is 422 g/mol. The van der Waals surface area contributed by atoms with Crippen LogP contribution in [-0.2, 0) is 10.0 Å². The zero-order valence-corrected chi connectivity index (χ0v) is 21.5. The number of rotatable bonds is 6. The second-order valence-corrected chi connectivity index (χ2v) is 14.3. The van der Waals surface area contributed by atoms with Gasteiger partial charge in [0, 0.05) is 0 Å². The Kier molecular flexibility index (Phi) is 6.86. The monoisotopic (exact) mass is 469 g/mol. The van der Waals surface area contributed by atoms with Crippen LogP contribution in [0.2, 0.25) is 0 Å². The number of nitrogens with two attached hydrogens (primary N) is 1. The van der Waals surface area contributed by atoms with Crippen molar-refractivity contribution < 1.29 is 18.6 Å². The summed E-state index contributed by atoms with van der Waals surface area (Å²) < 4.78 is 22.8. The SMILES string of the molecule is CC[C@H]1[C@H](O)C2C3CC[C@H]([C@H](C)CCCS(N)(=O)=O)[C@@]3(C)CCC2[C@@]2(C)CC[C@H](O)C[C@@H]12. The van der Waals surface area contributed by atoms with Crippen LogP contribution in [0.1, 0.15) is 91.9 Å². The molecule has 0 aromatic heterocycles. The molecule has 0 bridgehead atoms. The molecule has 0 aromatic rings. The van der Waals surface area contributed by atoms with Crippen LogP contribution in [0.4, 0.5) is 0 Å². The minimum Gasteiger partial charge on any atom is -0.393 e. The van der Waals surface area contributed by atoms with E-state index in [-0.39, 0.29) is 28.8 Å². The first-order valence-corrected chi connectivity index (χ1v) is 15.0. The van der Waals surface area contributed by atoms with E-state index in [0.717, 1.165) is 32.1 Å². The average molecular weight is 470 g/mol. The van der Waals surface area contributed by atoms with Crippen LogP contribution >= 0.6 is 0 Å². The summed E-state index contributed by atoms with van der Waals surface area (Å²) in [7, 11) is -3.39. The van der Waals surface area contributed by atoms with Crippen molar-refractivity contribution in [3.8, 4) is 0 Å². The summed E-state index contributed by atoms with van der Waals surface area (Å²) in [4.78, 5) is 0. The first-order valence-electron chi connectivity index (χ1n) is 13.3. The summed E-state index contributed by atoms with van der Waals surface area (Å²) in [6.07, 6.45) is 9.77. The molecule has 4 N–H and O–H groups in total. The van der Waals surface area contributed by atoms with Gasteiger partial charge in [-0.1, -0.05) is 34.1 Å². The number of sulfonamides is 1. The summed E-state index contributed by atoms with van der Waals surface area (Å²) in [5, 5.41) is 27.4. The molecule has 0 saturated heterocycles. The van der Waals surface area contributed by atoms with Crippen molar-refractivity contribution in [2.45, 2.75) is 104 Å². The largest absolute Gasteiger partial charge is 0.393 e. The van der Waals surface area contributed by atoms with Crippen LogP contribution in [0.15, 0.2) is 0 Å². The first-order chi connectivity index (χ1) is 14.9. The van der Waals surface area contributed by atoms with Crippen molar-refractivity contribution >= 4 is 10.0 Å². The van der Waals surface area contributed by atoms with Gasteiger partial charge in [-0.2, -0.15) is 0 Å². The second-order valence-electron chi connectivity index (χ2n) is 12.6. The van der Waals surface area contributed by atoms with E-state index in [1.165, 1.54) is 25.7 Å². The molecular formula is C26H47NO4S. The topological polar surface area (TPSA) is 101 Å². The van der Waals surface area contributed by atoms with Gasteiger partial charge in [-0.15, -0.1) is 0 Å². The lowest BCUT2D eigenvalue weighted by molar-refractivity contribution is -0.203. The maximum atomic E-state index is 11.8. The highest BCUT2D eigenvalue weighted by atomic mass is 32.2. The number of fused-ring (bicyclic) bond motifs is 5. The van der Waals surface area contributed by atoms with Gasteiger partial charge in [0.1, 0.15) is 0 Å². The van der Waals surface area contributed by atoms with Gasteiger partial charge in [0.2, 0.25) is 10.0 Å². The summed E-state index contributed by atoms with van der Waals surface area (Å²) in [6.45, 7) is 9.50. The molecule has 4 aliphatic rings. The predicted molar refractivity (Wildman–Crippen MR) is 128 cm³/mol. The third-order valence-electron chi connectivity index (χ3n) is 11.2. The maximum Gasteiger partial charge on any atom is 0.209 e. The van der Waals surface area contributed by atoms with Crippen LogP contribution < -0.4 is 5.14 Å². The number of primary sulfonamides is 1. The van der Waals surface area contributed by atoms with E-state index in [4.69, 9.17) is 5.14 Å². The molecule has 0 spiro atoms. The Morgan fingerprint density at radius 1 is 1.00 bits per heavy atom. The Balaban J connectivity index is 1.56. The highest BCUT2D eigenvalue weighted by Crippen LogP contribution is 2.69. The van der Waals surface area contributed by atoms with Crippen molar-refractivity contribution in [3.05, 3.63) is 0 Å². The van der Waals surface area contributed by atoms with E-state index < -0.39 is 10.0 Å². The number of hydrogen-bond donors (Lipinski definition) is 3.